The molecule has 0 aliphatic rings. The Balaban J connectivity index is 5.24. The Kier molecular flexibility index (Phi) is 6.04. The fourth-order valence-electron chi connectivity index (χ4n) is 0.988. The van der Waals surface area contributed by atoms with Gasteiger partial charge in [0, 0.05) is 14.2 Å². The van der Waals surface area contributed by atoms with Crippen LogP contribution in [0.4, 0.5) is 0 Å². The second kappa shape index (κ2) is 6.30. The molecule has 0 saturated carbocycles. The van der Waals surface area contributed by atoms with Crippen molar-refractivity contribution in [3.05, 3.63) is 0 Å². The van der Waals surface area contributed by atoms with Gasteiger partial charge in [-0.25, -0.2) is 13.8 Å². The van der Waals surface area contributed by atoms with Crippen molar-refractivity contribution < 1.29 is 23.1 Å². The molecule has 0 saturated heterocycles. The molecule has 9 heteroatoms. The topological polar surface area (TPSA) is 77.4 Å². The number of rotatable bonds is 6. The lowest BCUT2D eigenvalue weighted by atomic mass is 10.8. The summed E-state index contributed by atoms with van der Waals surface area (Å²) < 4.78 is 27.7. The van der Waals surface area contributed by atoms with Gasteiger partial charge < -0.3 is 4.74 Å². The maximum atomic E-state index is 12.2. The van der Waals surface area contributed by atoms with Gasteiger partial charge in [-0.1, -0.05) is 0 Å². The summed E-state index contributed by atoms with van der Waals surface area (Å²) in [7, 11) is -1.85. The molecule has 0 unspecified atom stereocenters. The van der Waals surface area contributed by atoms with Gasteiger partial charge in [-0.05, 0) is 19.6 Å². The molecule has 0 N–H and O–H groups in total. The molecule has 0 fully saturated rings. The summed E-state index contributed by atoms with van der Waals surface area (Å²) in [6.07, 6.45) is 0.947. The average molecular weight is 282 g/mol. The van der Waals surface area contributed by atoms with Crippen LogP contribution in [0.1, 0.15) is 0 Å². The van der Waals surface area contributed by atoms with E-state index in [2.05, 4.69) is 9.84 Å². The van der Waals surface area contributed by atoms with Crippen molar-refractivity contribution in [3.8, 4) is 0 Å². The summed E-state index contributed by atoms with van der Waals surface area (Å²) in [6, 6.07) is 0. The first kappa shape index (κ1) is 16.3. The quantitative estimate of drug-likeness (QED) is 0.242. The van der Waals surface area contributed by atoms with Gasteiger partial charge in [0.05, 0.1) is 7.11 Å². The fourth-order valence-corrected chi connectivity index (χ4v) is 5.46. The molecule has 7 nitrogen and oxygen atoms in total. The molecule has 0 aliphatic carbocycles. The highest BCUT2D eigenvalue weighted by Crippen LogP contribution is 2.53. The molecule has 0 atom stereocenters. The van der Waals surface area contributed by atoms with Crippen molar-refractivity contribution in [1.29, 1.82) is 0 Å². The van der Waals surface area contributed by atoms with Crippen LogP contribution in [-0.4, -0.2) is 46.2 Å². The van der Waals surface area contributed by atoms with Crippen LogP contribution in [0.2, 0.25) is 19.6 Å². The molecule has 100 valence electrons. The third-order valence-corrected chi connectivity index (χ3v) is 7.11. The molecule has 0 bridgehead atoms. The average Bonchev–Trinajstić information content (AvgIpc) is 2.26. The van der Waals surface area contributed by atoms with E-state index in [1.807, 2.05) is 19.6 Å². The summed E-state index contributed by atoms with van der Waals surface area (Å²) in [4.78, 5) is 11.0. The lowest BCUT2D eigenvalue weighted by Crippen LogP contribution is -2.40. The number of hydrazone groups is 1. The van der Waals surface area contributed by atoms with Crippen LogP contribution < -0.4 is 0 Å². The lowest BCUT2D eigenvalue weighted by molar-refractivity contribution is -0.132. The van der Waals surface area contributed by atoms with Crippen molar-refractivity contribution >= 4 is 28.2 Å². The first-order valence-electron chi connectivity index (χ1n) is 4.85. The van der Waals surface area contributed by atoms with Crippen LogP contribution >= 0.6 is 7.75 Å². The largest absolute Gasteiger partial charge is 0.465 e. The number of carbonyl (C=O) groups excluding carboxylic acids is 1. The summed E-state index contributed by atoms with van der Waals surface area (Å²) in [5.41, 5.74) is 0. The first-order valence-corrected chi connectivity index (χ1v) is 9.79. The lowest BCUT2D eigenvalue weighted by Gasteiger charge is -2.34. The maximum absolute atomic E-state index is 12.2. The molecule has 17 heavy (non-hydrogen) atoms. The Bertz CT molecular complexity index is 333. The summed E-state index contributed by atoms with van der Waals surface area (Å²) in [5, 5.41) is 3.86. The third-order valence-electron chi connectivity index (χ3n) is 1.77. The van der Waals surface area contributed by atoms with Gasteiger partial charge in [0.25, 0.3) is 0 Å². The monoisotopic (exact) mass is 282 g/mol. The Morgan fingerprint density at radius 2 is 1.71 bits per heavy atom. The molecular formula is C8H19N2O5PSi. The van der Waals surface area contributed by atoms with E-state index >= 15 is 0 Å². The van der Waals surface area contributed by atoms with Crippen molar-refractivity contribution in [3.63, 3.8) is 0 Å². The number of esters is 1. The van der Waals surface area contributed by atoms with Crippen LogP contribution in [0.5, 0.6) is 0 Å². The minimum absolute atomic E-state index is 0.632. The van der Waals surface area contributed by atoms with E-state index in [-0.39, 0.29) is 0 Å². The van der Waals surface area contributed by atoms with Gasteiger partial charge in [0.1, 0.15) is 6.21 Å². The van der Waals surface area contributed by atoms with Gasteiger partial charge in [0.15, 0.2) is 8.24 Å². The van der Waals surface area contributed by atoms with Crippen LogP contribution in [0.15, 0.2) is 5.10 Å². The van der Waals surface area contributed by atoms with Crippen LogP contribution in [0.3, 0.4) is 0 Å². The second-order valence-corrected chi connectivity index (χ2v) is 11.2. The van der Waals surface area contributed by atoms with Crippen molar-refractivity contribution in [2.24, 2.45) is 5.10 Å². The smallest absolute Gasteiger partial charge is 0.442 e. The van der Waals surface area contributed by atoms with Crippen molar-refractivity contribution in [1.82, 2.24) is 4.44 Å². The van der Waals surface area contributed by atoms with E-state index in [1.165, 1.54) is 25.8 Å². The Morgan fingerprint density at radius 1 is 1.24 bits per heavy atom. The molecule has 0 rings (SSSR count). The maximum Gasteiger partial charge on any atom is 0.442 e. The number of nitrogens with zero attached hydrogens (tertiary/aromatic N) is 2. The number of hydrogen-bond donors (Lipinski definition) is 0. The number of ether oxygens (including phenoxy) is 1. The molecule has 0 aromatic heterocycles. The molecular weight excluding hydrogens is 263 g/mol. The highest BCUT2D eigenvalue weighted by Gasteiger charge is 2.40. The number of carbonyl (C=O) groups is 1. The standard InChI is InChI=1S/C8H19N2O5PSi/c1-13-8(11)7-9-10(17(4,5)6)16(12,14-2)15-3/h7H,1-6H3/b9-7+. The molecule has 0 heterocycles. The molecule has 0 amide bonds. The highest BCUT2D eigenvalue weighted by atomic mass is 31.2. The summed E-state index contributed by atoms with van der Waals surface area (Å²) in [6.45, 7) is 5.69. The minimum Gasteiger partial charge on any atom is -0.465 e. The SMILES string of the molecule is COC(=O)/C=N/N([Si](C)(C)C)P(=O)(OC)OC. The van der Waals surface area contributed by atoms with Crippen LogP contribution in [-0.2, 0) is 23.1 Å². The summed E-state index contributed by atoms with van der Waals surface area (Å²) in [5.74, 6) is -0.632. The zero-order valence-corrected chi connectivity index (χ0v) is 12.9. The molecule has 0 aromatic carbocycles. The zero-order chi connectivity index (χ0) is 13.7. The van der Waals surface area contributed by atoms with Gasteiger partial charge in [-0.15, -0.1) is 0 Å². The third kappa shape index (κ3) is 4.59. The number of methoxy groups -OCH3 is 1. The predicted molar refractivity (Wildman–Crippen MR) is 67.3 cm³/mol. The zero-order valence-electron chi connectivity index (χ0n) is 11.0. The Hall–Kier alpha value is -0.693. The second-order valence-electron chi connectivity index (χ2n) is 4.06. The van der Waals surface area contributed by atoms with Gasteiger partial charge >= 0.3 is 13.7 Å². The highest BCUT2D eigenvalue weighted by molar-refractivity contribution is 7.53. The normalized spacial score (nSPS) is 12.8. The van der Waals surface area contributed by atoms with E-state index in [4.69, 9.17) is 9.05 Å². The molecule has 0 aromatic rings. The van der Waals surface area contributed by atoms with Crippen LogP contribution in [0, 0.1) is 0 Å². The molecule has 0 spiro atoms. The van der Waals surface area contributed by atoms with E-state index in [1.54, 1.807) is 0 Å². The fraction of sp³-hybridized carbons (Fsp3) is 0.750. The van der Waals surface area contributed by atoms with Gasteiger partial charge in [-0.2, -0.15) is 5.10 Å². The predicted octanol–water partition coefficient (Wildman–Crippen LogP) is 1.68. The van der Waals surface area contributed by atoms with E-state index in [0.29, 0.717) is 0 Å². The van der Waals surface area contributed by atoms with Gasteiger partial charge in [-0.3, -0.25) is 9.05 Å². The van der Waals surface area contributed by atoms with Gasteiger partial charge in [0.2, 0.25) is 0 Å². The minimum atomic E-state index is -3.49. The molecule has 0 aliphatic heterocycles. The van der Waals surface area contributed by atoms with Crippen molar-refractivity contribution in [2.75, 3.05) is 21.3 Å². The summed E-state index contributed by atoms with van der Waals surface area (Å²) >= 11 is 0. The molecule has 0 radical (unpaired) electrons. The first-order chi connectivity index (χ1) is 7.71. The van der Waals surface area contributed by atoms with Crippen molar-refractivity contribution in [2.45, 2.75) is 19.6 Å². The Labute approximate surface area is 102 Å². The van der Waals surface area contributed by atoms with E-state index in [0.717, 1.165) is 6.21 Å². The van der Waals surface area contributed by atoms with E-state index < -0.39 is 22.0 Å². The Morgan fingerprint density at radius 3 is 2.00 bits per heavy atom. The number of hydrogen-bond acceptors (Lipinski definition) is 6. The van der Waals surface area contributed by atoms with Crippen LogP contribution in [0.25, 0.3) is 0 Å². The van der Waals surface area contributed by atoms with E-state index in [9.17, 15) is 9.36 Å².